The molecule has 0 amide bonds. The number of ketones is 1. The molecule has 0 heterocycles. The second kappa shape index (κ2) is 34.2. The first-order valence-corrected chi connectivity index (χ1v) is 21.8. The van der Waals surface area contributed by atoms with E-state index in [1.165, 1.54) is 70.3 Å². The van der Waals surface area contributed by atoms with E-state index in [9.17, 15) is 23.8 Å². The Bertz CT molecular complexity index is 1110. The standard InChI is InChI=1S/C42H74NO9P/c1-6-8-10-12-14-16-18-19-21-22-24-26-28-31-39(44)32-30-34-41(45)49-37-40(38-51-53(47,48)50-36-35-43(3,4)5)52-42(46)33-29-27-25-23-20-17-15-13-11-9-7-2/h14,16,19,21,24,26,28,31,40H,6-13,15,17-18,20,22-23,25,27,29-30,32-38H2,1-5H3/b16-14-,21-19-,26-24-,31-28+/t40-/m1/s1. The fourth-order valence-corrected chi connectivity index (χ4v) is 5.81. The van der Waals surface area contributed by atoms with Gasteiger partial charge in [-0.05, 0) is 44.6 Å². The average Bonchev–Trinajstić information content (AvgIpc) is 3.09. The Hall–Kier alpha value is -2.36. The van der Waals surface area contributed by atoms with Crippen molar-refractivity contribution < 1.29 is 46.8 Å². The van der Waals surface area contributed by atoms with Gasteiger partial charge >= 0.3 is 11.9 Å². The summed E-state index contributed by atoms with van der Waals surface area (Å²) in [4.78, 5) is 49.5. The quantitative estimate of drug-likeness (QED) is 0.0116. The Morgan fingerprint density at radius 1 is 0.642 bits per heavy atom. The van der Waals surface area contributed by atoms with Gasteiger partial charge in [0.05, 0.1) is 27.7 Å². The predicted molar refractivity (Wildman–Crippen MR) is 213 cm³/mol. The average molecular weight is 768 g/mol. The summed E-state index contributed by atoms with van der Waals surface area (Å²) in [5, 5.41) is 0. The van der Waals surface area contributed by atoms with Crippen molar-refractivity contribution in [1.29, 1.82) is 0 Å². The number of ether oxygens (including phenoxy) is 2. The predicted octanol–water partition coefficient (Wildman–Crippen LogP) is 9.68. The molecular weight excluding hydrogens is 693 g/mol. The van der Waals surface area contributed by atoms with Crippen LogP contribution >= 0.6 is 7.82 Å². The summed E-state index contributed by atoms with van der Waals surface area (Å²) < 4.78 is 33.5. The highest BCUT2D eigenvalue weighted by atomic mass is 31.2. The Labute approximate surface area is 322 Å². The number of quaternary nitrogens is 1. The van der Waals surface area contributed by atoms with E-state index in [0.29, 0.717) is 17.4 Å². The molecule has 0 rings (SSSR count). The SMILES string of the molecule is CCCCC/C=C\C/C=C\C/C=C\C=C\C(=O)CCCC(=O)OC[C@H](COP(=O)([O-])OCC[N+](C)(C)C)OC(=O)CCCCCCCCCCCCC. The molecule has 0 aromatic heterocycles. The Morgan fingerprint density at radius 3 is 1.85 bits per heavy atom. The molecule has 0 saturated heterocycles. The van der Waals surface area contributed by atoms with Gasteiger partial charge in [0.25, 0.3) is 7.82 Å². The molecule has 0 bridgehead atoms. The fourth-order valence-electron chi connectivity index (χ4n) is 5.08. The molecule has 0 N–H and O–H groups in total. The third kappa shape index (κ3) is 37.7. The maximum atomic E-state index is 12.6. The number of esters is 2. The smallest absolute Gasteiger partial charge is 0.306 e. The zero-order valence-corrected chi connectivity index (χ0v) is 34.8. The second-order valence-electron chi connectivity index (χ2n) is 14.7. The number of unbranched alkanes of at least 4 members (excludes halogenated alkanes) is 13. The van der Waals surface area contributed by atoms with Gasteiger partial charge in [-0.2, -0.15) is 0 Å². The second-order valence-corrected chi connectivity index (χ2v) is 16.1. The van der Waals surface area contributed by atoms with Crippen molar-refractivity contribution in [3.63, 3.8) is 0 Å². The Morgan fingerprint density at radius 2 is 1.21 bits per heavy atom. The molecular formula is C42H74NO9P. The van der Waals surface area contributed by atoms with Gasteiger partial charge in [0.1, 0.15) is 19.8 Å². The number of likely N-dealkylation sites (N-methyl/N-ethyl adjacent to an activating group) is 1. The van der Waals surface area contributed by atoms with Gasteiger partial charge in [-0.15, -0.1) is 0 Å². The molecule has 11 heteroatoms. The van der Waals surface area contributed by atoms with Crippen LogP contribution < -0.4 is 4.89 Å². The first-order chi connectivity index (χ1) is 25.4. The highest BCUT2D eigenvalue weighted by molar-refractivity contribution is 7.45. The molecule has 0 aromatic rings. The lowest BCUT2D eigenvalue weighted by molar-refractivity contribution is -0.870. The van der Waals surface area contributed by atoms with Crippen LogP contribution in [0.4, 0.5) is 0 Å². The summed E-state index contributed by atoms with van der Waals surface area (Å²) in [5.41, 5.74) is 0. The number of hydrogen-bond donors (Lipinski definition) is 0. The zero-order chi connectivity index (χ0) is 39.5. The molecule has 10 nitrogen and oxygen atoms in total. The monoisotopic (exact) mass is 768 g/mol. The summed E-state index contributed by atoms with van der Waals surface area (Å²) in [6, 6.07) is 0. The normalized spacial score (nSPS) is 14.1. The minimum absolute atomic E-state index is 0.0122. The minimum Gasteiger partial charge on any atom is -0.756 e. The number of phosphoric acid groups is 1. The van der Waals surface area contributed by atoms with Crippen molar-refractivity contribution in [3.8, 4) is 0 Å². The van der Waals surface area contributed by atoms with Crippen LogP contribution in [0.1, 0.15) is 149 Å². The van der Waals surface area contributed by atoms with E-state index in [1.54, 1.807) is 6.08 Å². The van der Waals surface area contributed by atoms with Crippen LogP contribution in [0.2, 0.25) is 0 Å². The summed E-state index contributed by atoms with van der Waals surface area (Å²) in [6.07, 6.45) is 34.3. The van der Waals surface area contributed by atoms with E-state index in [-0.39, 0.29) is 44.7 Å². The van der Waals surface area contributed by atoms with Gasteiger partial charge in [0, 0.05) is 19.3 Å². The van der Waals surface area contributed by atoms with E-state index in [0.717, 1.165) is 38.5 Å². The van der Waals surface area contributed by atoms with Crippen LogP contribution in [0.25, 0.3) is 0 Å². The highest BCUT2D eigenvalue weighted by Gasteiger charge is 2.21. The van der Waals surface area contributed by atoms with E-state index < -0.39 is 32.5 Å². The van der Waals surface area contributed by atoms with E-state index in [4.69, 9.17) is 18.5 Å². The van der Waals surface area contributed by atoms with Gasteiger partial charge in [-0.3, -0.25) is 18.9 Å². The summed E-state index contributed by atoms with van der Waals surface area (Å²) in [7, 11) is 1.04. The lowest BCUT2D eigenvalue weighted by atomic mass is 10.1. The largest absolute Gasteiger partial charge is 0.756 e. The Balaban J connectivity index is 4.60. The molecule has 0 aromatic carbocycles. The van der Waals surface area contributed by atoms with Crippen LogP contribution in [0.15, 0.2) is 48.6 Å². The van der Waals surface area contributed by atoms with Crippen molar-refractivity contribution in [2.75, 3.05) is 47.5 Å². The maximum absolute atomic E-state index is 12.6. The van der Waals surface area contributed by atoms with Gasteiger partial charge in [-0.25, -0.2) is 0 Å². The van der Waals surface area contributed by atoms with E-state index >= 15 is 0 Å². The van der Waals surface area contributed by atoms with Gasteiger partial charge < -0.3 is 27.9 Å². The van der Waals surface area contributed by atoms with Crippen molar-refractivity contribution in [3.05, 3.63) is 48.6 Å². The van der Waals surface area contributed by atoms with Crippen LogP contribution in [0, 0.1) is 0 Å². The number of allylic oxidation sites excluding steroid dienone is 8. The number of nitrogens with zero attached hydrogens (tertiary/aromatic N) is 1. The highest BCUT2D eigenvalue weighted by Crippen LogP contribution is 2.38. The number of hydrogen-bond acceptors (Lipinski definition) is 9. The van der Waals surface area contributed by atoms with Gasteiger partial charge in [0.15, 0.2) is 11.9 Å². The first kappa shape index (κ1) is 50.6. The van der Waals surface area contributed by atoms with Crippen LogP contribution in [-0.4, -0.2) is 75.8 Å². The molecule has 0 fully saturated rings. The van der Waals surface area contributed by atoms with Crippen molar-refractivity contribution >= 4 is 25.5 Å². The molecule has 53 heavy (non-hydrogen) atoms. The number of carbonyl (C=O) groups is 3. The maximum Gasteiger partial charge on any atom is 0.306 e. The zero-order valence-electron chi connectivity index (χ0n) is 33.9. The number of phosphoric ester groups is 1. The van der Waals surface area contributed by atoms with Crippen LogP contribution in [0.3, 0.4) is 0 Å². The van der Waals surface area contributed by atoms with Crippen molar-refractivity contribution in [2.45, 2.75) is 155 Å². The number of rotatable bonds is 36. The lowest BCUT2D eigenvalue weighted by Crippen LogP contribution is -2.37. The molecule has 0 aliphatic heterocycles. The fraction of sp³-hybridized carbons (Fsp3) is 0.738. The third-order valence-corrected chi connectivity index (χ3v) is 9.29. The number of carbonyl (C=O) groups excluding carboxylic acids is 3. The first-order valence-electron chi connectivity index (χ1n) is 20.3. The van der Waals surface area contributed by atoms with E-state index in [2.05, 4.69) is 38.2 Å². The molecule has 306 valence electrons. The third-order valence-electron chi connectivity index (χ3n) is 8.33. The molecule has 0 aliphatic carbocycles. The van der Waals surface area contributed by atoms with Crippen LogP contribution in [0.5, 0.6) is 0 Å². The van der Waals surface area contributed by atoms with Crippen LogP contribution in [-0.2, 0) is 37.5 Å². The molecule has 0 aliphatic rings. The molecule has 0 saturated carbocycles. The lowest BCUT2D eigenvalue weighted by Gasteiger charge is -2.28. The van der Waals surface area contributed by atoms with Gasteiger partial charge in [0.2, 0.25) is 0 Å². The van der Waals surface area contributed by atoms with Gasteiger partial charge in [-0.1, -0.05) is 133 Å². The van der Waals surface area contributed by atoms with E-state index in [1.807, 2.05) is 33.3 Å². The molecule has 0 spiro atoms. The van der Waals surface area contributed by atoms with Crippen molar-refractivity contribution in [2.24, 2.45) is 0 Å². The summed E-state index contributed by atoms with van der Waals surface area (Å²) in [6.45, 7) is 3.89. The topological polar surface area (TPSA) is 128 Å². The molecule has 1 unspecified atom stereocenters. The Kier molecular flexibility index (Phi) is 32.6. The minimum atomic E-state index is -4.67. The molecule has 0 radical (unpaired) electrons. The molecule has 2 atom stereocenters. The summed E-state index contributed by atoms with van der Waals surface area (Å²) >= 11 is 0. The summed E-state index contributed by atoms with van der Waals surface area (Å²) in [5.74, 6) is -1.20. The van der Waals surface area contributed by atoms with Crippen molar-refractivity contribution in [1.82, 2.24) is 0 Å².